The molecule has 0 bridgehead atoms. The van der Waals surface area contributed by atoms with E-state index in [1.807, 2.05) is 20.9 Å². The molecule has 4 N–H and O–H groups in total. The van der Waals surface area contributed by atoms with E-state index in [0.717, 1.165) is 37.4 Å². The highest BCUT2D eigenvalue weighted by molar-refractivity contribution is 6.00. The van der Waals surface area contributed by atoms with Crippen LogP contribution in [0.15, 0.2) is 0 Å². The van der Waals surface area contributed by atoms with Gasteiger partial charge < -0.3 is 15.7 Å². The molecule has 0 aromatic carbocycles. The van der Waals surface area contributed by atoms with Gasteiger partial charge >= 0.3 is 0 Å². The Bertz CT molecular complexity index is 491. The average molecular weight is 265 g/mol. The summed E-state index contributed by atoms with van der Waals surface area (Å²) in [5.74, 6) is 0.944. The Kier molecular flexibility index (Phi) is 3.54. The Labute approximate surface area is 113 Å². The first kappa shape index (κ1) is 13.9. The van der Waals surface area contributed by atoms with E-state index in [9.17, 15) is 5.11 Å². The van der Waals surface area contributed by atoms with E-state index >= 15 is 0 Å². The topological polar surface area (TPSA) is 91.2 Å². The summed E-state index contributed by atoms with van der Waals surface area (Å²) in [6.07, 6.45) is 2.44. The molecule has 0 radical (unpaired) electrons. The highest BCUT2D eigenvalue weighted by Gasteiger charge is 2.28. The maximum Gasteiger partial charge on any atom is 0.137 e. The molecule has 1 saturated heterocycles. The fourth-order valence-electron chi connectivity index (χ4n) is 2.80. The van der Waals surface area contributed by atoms with Crippen molar-refractivity contribution in [3.63, 3.8) is 0 Å². The summed E-state index contributed by atoms with van der Waals surface area (Å²) >= 11 is 0. The zero-order valence-corrected chi connectivity index (χ0v) is 11.9. The van der Waals surface area contributed by atoms with Crippen LogP contribution < -0.4 is 10.6 Å². The number of rotatable bonds is 2. The molecule has 6 heteroatoms. The third kappa shape index (κ3) is 2.73. The predicted octanol–water partition coefficient (Wildman–Crippen LogP) is 0.754. The molecule has 1 atom stereocenters. The number of anilines is 1. The molecule has 1 aromatic heterocycles. The molecule has 6 nitrogen and oxygen atoms in total. The summed E-state index contributed by atoms with van der Waals surface area (Å²) in [5, 5.41) is 22.3. The molecule has 0 amide bonds. The van der Waals surface area contributed by atoms with Gasteiger partial charge in [-0.15, -0.1) is 0 Å². The Morgan fingerprint density at radius 1 is 1.42 bits per heavy atom. The van der Waals surface area contributed by atoms with Crippen LogP contribution in [0, 0.1) is 12.3 Å². The number of amidine groups is 1. The molecule has 2 rings (SSSR count). The number of nitrogen functional groups attached to an aromatic ring is 1. The summed E-state index contributed by atoms with van der Waals surface area (Å²) in [7, 11) is 1.87. The van der Waals surface area contributed by atoms with Gasteiger partial charge in [0.1, 0.15) is 11.7 Å². The summed E-state index contributed by atoms with van der Waals surface area (Å²) in [6.45, 7) is 5.37. The van der Waals surface area contributed by atoms with Crippen LogP contribution in [0.1, 0.15) is 37.4 Å². The van der Waals surface area contributed by atoms with Crippen molar-refractivity contribution < 1.29 is 5.11 Å². The van der Waals surface area contributed by atoms with Crippen LogP contribution in [0.4, 0.5) is 5.82 Å². The van der Waals surface area contributed by atoms with E-state index in [2.05, 4.69) is 10.00 Å². The molecule has 19 heavy (non-hydrogen) atoms. The smallest absolute Gasteiger partial charge is 0.137 e. The number of nitrogens with zero attached hydrogens (tertiary/aromatic N) is 3. The van der Waals surface area contributed by atoms with Crippen LogP contribution in [0.2, 0.25) is 0 Å². The Balaban J connectivity index is 2.34. The Morgan fingerprint density at radius 2 is 2.11 bits per heavy atom. The number of nitrogens with one attached hydrogen (secondary N) is 1. The van der Waals surface area contributed by atoms with Crippen molar-refractivity contribution in [2.24, 2.45) is 12.8 Å². The quantitative estimate of drug-likeness (QED) is 0.543. The lowest BCUT2D eigenvalue weighted by atomic mass is 9.98. The third-order valence-corrected chi connectivity index (χ3v) is 3.82. The standard InChI is InChI=1S/C13H23N5O/c1-9-10(11(14)15)12(17(3)16-9)18-7-4-5-13(2,19)6-8-18/h19H,4-8H2,1-3H3,(H3,14,15). The molecule has 0 saturated carbocycles. The lowest BCUT2D eigenvalue weighted by Crippen LogP contribution is -2.31. The number of hydrogen-bond donors (Lipinski definition) is 3. The fraction of sp³-hybridized carbons (Fsp3) is 0.692. The summed E-state index contributed by atoms with van der Waals surface area (Å²) < 4.78 is 1.78. The first-order valence-corrected chi connectivity index (χ1v) is 6.67. The molecule has 1 aromatic rings. The lowest BCUT2D eigenvalue weighted by molar-refractivity contribution is 0.0481. The highest BCUT2D eigenvalue weighted by atomic mass is 16.3. The van der Waals surface area contributed by atoms with E-state index in [4.69, 9.17) is 11.1 Å². The monoisotopic (exact) mass is 265 g/mol. The van der Waals surface area contributed by atoms with Gasteiger partial charge in [-0.2, -0.15) is 5.10 Å². The van der Waals surface area contributed by atoms with Crippen molar-refractivity contribution >= 4 is 11.7 Å². The van der Waals surface area contributed by atoms with E-state index in [1.165, 1.54) is 0 Å². The second-order valence-electron chi connectivity index (χ2n) is 5.66. The maximum atomic E-state index is 10.2. The molecule has 1 aliphatic heterocycles. The van der Waals surface area contributed by atoms with Gasteiger partial charge in [-0.05, 0) is 33.1 Å². The minimum Gasteiger partial charge on any atom is -0.390 e. The minimum atomic E-state index is -0.598. The predicted molar refractivity (Wildman–Crippen MR) is 75.6 cm³/mol. The van der Waals surface area contributed by atoms with Gasteiger partial charge in [0.15, 0.2) is 0 Å². The van der Waals surface area contributed by atoms with Crippen molar-refractivity contribution in [1.29, 1.82) is 5.41 Å². The summed E-state index contributed by atoms with van der Waals surface area (Å²) in [5.41, 5.74) is 6.57. The summed E-state index contributed by atoms with van der Waals surface area (Å²) in [4.78, 5) is 2.18. The third-order valence-electron chi connectivity index (χ3n) is 3.82. The van der Waals surface area contributed by atoms with Crippen molar-refractivity contribution in [1.82, 2.24) is 9.78 Å². The minimum absolute atomic E-state index is 0.0524. The second-order valence-corrected chi connectivity index (χ2v) is 5.66. The van der Waals surface area contributed by atoms with Crippen LogP contribution >= 0.6 is 0 Å². The van der Waals surface area contributed by atoms with E-state index in [1.54, 1.807) is 4.68 Å². The van der Waals surface area contributed by atoms with Crippen molar-refractivity contribution in [2.75, 3.05) is 18.0 Å². The number of hydrogen-bond acceptors (Lipinski definition) is 4. The number of aryl methyl sites for hydroxylation is 2. The van der Waals surface area contributed by atoms with Gasteiger partial charge in [0.25, 0.3) is 0 Å². The van der Waals surface area contributed by atoms with Crippen molar-refractivity contribution in [3.05, 3.63) is 11.3 Å². The number of aliphatic hydroxyl groups is 1. The number of aromatic nitrogens is 2. The first-order chi connectivity index (χ1) is 8.82. The van der Waals surface area contributed by atoms with Crippen LogP contribution in [-0.4, -0.2) is 39.4 Å². The Morgan fingerprint density at radius 3 is 2.74 bits per heavy atom. The zero-order valence-electron chi connectivity index (χ0n) is 11.9. The molecule has 1 fully saturated rings. The molecular formula is C13H23N5O. The van der Waals surface area contributed by atoms with E-state index in [-0.39, 0.29) is 5.84 Å². The average Bonchev–Trinajstić information content (AvgIpc) is 2.47. The highest BCUT2D eigenvalue weighted by Crippen LogP contribution is 2.28. The van der Waals surface area contributed by atoms with E-state index < -0.39 is 5.60 Å². The summed E-state index contributed by atoms with van der Waals surface area (Å²) in [6, 6.07) is 0. The van der Waals surface area contributed by atoms with Crippen LogP contribution in [0.25, 0.3) is 0 Å². The molecule has 0 aliphatic carbocycles. The largest absolute Gasteiger partial charge is 0.390 e. The molecule has 2 heterocycles. The van der Waals surface area contributed by atoms with Crippen LogP contribution in [0.5, 0.6) is 0 Å². The van der Waals surface area contributed by atoms with Gasteiger partial charge in [-0.3, -0.25) is 10.1 Å². The second kappa shape index (κ2) is 4.85. The molecule has 0 spiro atoms. The maximum absolute atomic E-state index is 10.2. The fourth-order valence-corrected chi connectivity index (χ4v) is 2.80. The SMILES string of the molecule is Cc1nn(C)c(N2CCCC(C)(O)CC2)c1C(=N)N. The number of nitrogens with two attached hydrogens (primary N) is 1. The van der Waals surface area contributed by atoms with Crippen LogP contribution in [-0.2, 0) is 7.05 Å². The van der Waals surface area contributed by atoms with Gasteiger partial charge in [0, 0.05) is 20.1 Å². The van der Waals surface area contributed by atoms with Crippen molar-refractivity contribution in [2.45, 2.75) is 38.7 Å². The molecule has 106 valence electrons. The van der Waals surface area contributed by atoms with Crippen molar-refractivity contribution in [3.8, 4) is 0 Å². The Hall–Kier alpha value is -1.56. The van der Waals surface area contributed by atoms with Gasteiger partial charge in [0.05, 0.1) is 16.9 Å². The first-order valence-electron chi connectivity index (χ1n) is 6.67. The zero-order chi connectivity index (χ0) is 14.2. The van der Waals surface area contributed by atoms with E-state index in [0.29, 0.717) is 12.0 Å². The molecule has 1 unspecified atom stereocenters. The van der Waals surface area contributed by atoms with Gasteiger partial charge in [0.2, 0.25) is 0 Å². The van der Waals surface area contributed by atoms with Gasteiger partial charge in [-0.1, -0.05) is 0 Å². The lowest BCUT2D eigenvalue weighted by Gasteiger charge is -2.25. The molecule has 1 aliphatic rings. The van der Waals surface area contributed by atoms with Crippen LogP contribution in [0.3, 0.4) is 0 Å². The molecular weight excluding hydrogens is 242 g/mol. The van der Waals surface area contributed by atoms with Gasteiger partial charge in [-0.25, -0.2) is 0 Å². The normalized spacial score (nSPS) is 24.3.